The molecule has 0 unspecified atom stereocenters. The minimum Gasteiger partial charge on any atom is -0.423 e. The van der Waals surface area contributed by atoms with Gasteiger partial charge in [-0.2, -0.15) is 26.3 Å². The highest BCUT2D eigenvalue weighted by molar-refractivity contribution is 7.53. The van der Waals surface area contributed by atoms with E-state index in [9.17, 15) is 35.7 Å². The van der Waals surface area contributed by atoms with Gasteiger partial charge in [-0.25, -0.2) is 4.90 Å². The molecule has 1 fully saturated rings. The number of carbonyl (C=O) groups excluding carboxylic acids is 1. The lowest BCUT2D eigenvalue weighted by atomic mass is 10.0. The number of rotatable bonds is 5. The molecule has 1 aliphatic heterocycles. The lowest BCUT2D eigenvalue weighted by molar-refractivity contribution is -0.400. The van der Waals surface area contributed by atoms with Crippen LogP contribution in [0.3, 0.4) is 0 Å². The molecule has 1 saturated heterocycles. The number of halogens is 6. The fourth-order valence-corrected chi connectivity index (χ4v) is 3.51. The summed E-state index contributed by atoms with van der Waals surface area (Å²) in [6, 6.07) is -1.94. The molecule has 1 aliphatic rings. The molecule has 1 heterocycles. The number of alkyl halides is 6. The lowest BCUT2D eigenvalue weighted by Gasteiger charge is -2.40. The molecular formula is C11H16F6NO5P. The molecule has 6 nitrogen and oxygen atoms in total. The van der Waals surface area contributed by atoms with Gasteiger partial charge in [-0.05, 0) is 5.92 Å². The van der Waals surface area contributed by atoms with Crippen LogP contribution in [0.15, 0.2) is 0 Å². The number of carbonyl (C=O) groups is 1. The molecule has 0 aromatic heterocycles. The van der Waals surface area contributed by atoms with Crippen molar-refractivity contribution in [3.8, 4) is 0 Å². The number of nitrogens with zero attached hydrogens (tertiary/aromatic N) is 1. The van der Waals surface area contributed by atoms with Crippen LogP contribution in [0.5, 0.6) is 0 Å². The first-order chi connectivity index (χ1) is 10.7. The Morgan fingerprint density at radius 3 is 1.88 bits per heavy atom. The summed E-state index contributed by atoms with van der Waals surface area (Å²) < 4.78 is 105. The van der Waals surface area contributed by atoms with E-state index in [2.05, 4.69) is 13.8 Å². The SMILES string of the molecule is COP(=O)(CN1[C@@H](C(C)C)C(=O)OC1(C(F)(F)F)C(F)(F)F)OC. The molecule has 0 bridgehead atoms. The van der Waals surface area contributed by atoms with Gasteiger partial charge in [0.1, 0.15) is 12.3 Å². The number of ether oxygens (including phenoxy) is 1. The average Bonchev–Trinajstić information content (AvgIpc) is 2.71. The molecule has 0 aromatic rings. The van der Waals surface area contributed by atoms with Crippen molar-refractivity contribution < 1.29 is 49.5 Å². The Kier molecular flexibility index (Phi) is 5.72. The summed E-state index contributed by atoms with van der Waals surface area (Å²) in [5, 5.41) is 0. The maximum atomic E-state index is 13.3. The minimum atomic E-state index is -6.03. The summed E-state index contributed by atoms with van der Waals surface area (Å²) in [5.41, 5.74) is -4.93. The van der Waals surface area contributed by atoms with Crippen LogP contribution in [0.25, 0.3) is 0 Å². The van der Waals surface area contributed by atoms with Crippen LogP contribution in [-0.2, 0) is 23.1 Å². The maximum absolute atomic E-state index is 13.3. The Bertz CT molecular complexity index is 512. The quantitative estimate of drug-likeness (QED) is 0.410. The molecule has 142 valence electrons. The van der Waals surface area contributed by atoms with Crippen LogP contribution >= 0.6 is 7.60 Å². The molecule has 0 aliphatic carbocycles. The first-order valence-electron chi connectivity index (χ1n) is 6.50. The molecule has 13 heteroatoms. The fraction of sp³-hybridized carbons (Fsp3) is 0.909. The van der Waals surface area contributed by atoms with Gasteiger partial charge in [0, 0.05) is 14.2 Å². The van der Waals surface area contributed by atoms with Crippen LogP contribution in [0.1, 0.15) is 13.8 Å². The molecule has 0 N–H and O–H groups in total. The van der Waals surface area contributed by atoms with E-state index in [1.807, 2.05) is 0 Å². The number of esters is 1. The first kappa shape index (κ1) is 21.2. The molecule has 0 spiro atoms. The van der Waals surface area contributed by atoms with Gasteiger partial charge in [-0.15, -0.1) is 0 Å². The van der Waals surface area contributed by atoms with E-state index < -0.39 is 49.9 Å². The van der Waals surface area contributed by atoms with Gasteiger partial charge in [0.2, 0.25) is 0 Å². The second-order valence-corrected chi connectivity index (χ2v) is 7.57. The van der Waals surface area contributed by atoms with E-state index in [-0.39, 0.29) is 4.90 Å². The van der Waals surface area contributed by atoms with Crippen molar-refractivity contribution in [1.29, 1.82) is 0 Å². The third-order valence-electron chi connectivity index (χ3n) is 3.51. The highest BCUT2D eigenvalue weighted by Crippen LogP contribution is 2.57. The smallest absolute Gasteiger partial charge is 0.423 e. The Labute approximate surface area is 133 Å². The third kappa shape index (κ3) is 3.29. The first-order valence-corrected chi connectivity index (χ1v) is 8.23. The van der Waals surface area contributed by atoms with E-state index in [0.717, 1.165) is 14.2 Å². The summed E-state index contributed by atoms with van der Waals surface area (Å²) in [6.07, 6.45) is -13.5. The zero-order chi connectivity index (χ0) is 19.1. The van der Waals surface area contributed by atoms with E-state index >= 15 is 0 Å². The van der Waals surface area contributed by atoms with Gasteiger partial charge in [-0.3, -0.25) is 9.36 Å². The second-order valence-electron chi connectivity index (χ2n) is 5.34. The third-order valence-corrected chi connectivity index (χ3v) is 5.28. The molecule has 0 saturated carbocycles. The zero-order valence-corrected chi connectivity index (χ0v) is 14.0. The summed E-state index contributed by atoms with van der Waals surface area (Å²) >= 11 is 0. The monoisotopic (exact) mass is 387 g/mol. The van der Waals surface area contributed by atoms with Gasteiger partial charge >= 0.3 is 31.6 Å². The van der Waals surface area contributed by atoms with Crippen molar-refractivity contribution >= 4 is 13.6 Å². The topological polar surface area (TPSA) is 65.1 Å². The summed E-state index contributed by atoms with van der Waals surface area (Å²) in [6.45, 7) is 2.46. The van der Waals surface area contributed by atoms with Gasteiger partial charge in [0.15, 0.2) is 0 Å². The van der Waals surface area contributed by atoms with E-state index in [0.29, 0.717) is 0 Å². The highest BCUT2D eigenvalue weighted by atomic mass is 31.2. The Morgan fingerprint density at radius 2 is 1.58 bits per heavy atom. The Morgan fingerprint density at radius 1 is 1.17 bits per heavy atom. The van der Waals surface area contributed by atoms with Crippen molar-refractivity contribution in [3.63, 3.8) is 0 Å². The number of hydrogen-bond donors (Lipinski definition) is 0. The largest absolute Gasteiger partial charge is 0.453 e. The lowest BCUT2D eigenvalue weighted by Crippen LogP contribution is -2.67. The van der Waals surface area contributed by atoms with Gasteiger partial charge < -0.3 is 13.8 Å². The van der Waals surface area contributed by atoms with Gasteiger partial charge in [0.05, 0.1) is 0 Å². The van der Waals surface area contributed by atoms with Gasteiger partial charge in [-0.1, -0.05) is 13.8 Å². The van der Waals surface area contributed by atoms with Crippen LogP contribution in [-0.4, -0.2) is 55.5 Å². The standard InChI is InChI=1S/C11H16F6NO5P/c1-6(2)7-8(19)23-9(10(12,13)14,11(15,16)17)18(7)5-24(20,21-3)22-4/h6-7H,5H2,1-4H3/t7-/m0/s1. The molecule has 0 aromatic carbocycles. The molecule has 1 atom stereocenters. The minimum absolute atomic E-state index is 0.340. The summed E-state index contributed by atoms with van der Waals surface area (Å²) in [5.74, 6) is -2.72. The van der Waals surface area contributed by atoms with Crippen molar-refractivity contribution in [2.75, 3.05) is 20.5 Å². The van der Waals surface area contributed by atoms with E-state index in [1.165, 1.54) is 13.8 Å². The number of cyclic esters (lactones) is 1. The highest BCUT2D eigenvalue weighted by Gasteiger charge is 2.82. The van der Waals surface area contributed by atoms with E-state index in [1.54, 1.807) is 0 Å². The summed E-state index contributed by atoms with van der Waals surface area (Å²) in [4.78, 5) is 11.4. The van der Waals surface area contributed by atoms with Crippen LogP contribution in [0.4, 0.5) is 26.3 Å². The zero-order valence-electron chi connectivity index (χ0n) is 13.1. The predicted molar refractivity (Wildman–Crippen MR) is 67.9 cm³/mol. The fourth-order valence-electron chi connectivity index (χ4n) is 2.39. The van der Waals surface area contributed by atoms with Crippen LogP contribution in [0, 0.1) is 5.92 Å². The van der Waals surface area contributed by atoms with Crippen molar-refractivity contribution in [2.45, 2.75) is 38.0 Å². The van der Waals surface area contributed by atoms with Crippen LogP contribution in [0.2, 0.25) is 0 Å². The molecule has 1 rings (SSSR count). The molecular weight excluding hydrogens is 371 g/mol. The van der Waals surface area contributed by atoms with Crippen molar-refractivity contribution in [2.24, 2.45) is 5.92 Å². The second kappa shape index (κ2) is 6.47. The normalized spacial score (nSPS) is 23.0. The van der Waals surface area contributed by atoms with Crippen molar-refractivity contribution in [3.05, 3.63) is 0 Å². The Balaban J connectivity index is 3.61. The maximum Gasteiger partial charge on any atom is 0.453 e. The molecule has 0 radical (unpaired) electrons. The van der Waals surface area contributed by atoms with Crippen molar-refractivity contribution in [1.82, 2.24) is 4.90 Å². The number of hydrogen-bond acceptors (Lipinski definition) is 6. The van der Waals surface area contributed by atoms with E-state index in [4.69, 9.17) is 0 Å². The predicted octanol–water partition coefficient (Wildman–Crippen LogP) is 3.13. The average molecular weight is 387 g/mol. The Hall–Kier alpha value is -0.840. The van der Waals surface area contributed by atoms with Gasteiger partial charge in [0.25, 0.3) is 0 Å². The molecule has 24 heavy (non-hydrogen) atoms. The van der Waals surface area contributed by atoms with Crippen LogP contribution < -0.4 is 0 Å². The molecule has 0 amide bonds. The summed E-state index contributed by atoms with van der Waals surface area (Å²) in [7, 11) is -2.76.